The van der Waals surface area contributed by atoms with Crippen LogP contribution in [0, 0.1) is 5.92 Å². The third-order valence-electron chi connectivity index (χ3n) is 2.41. The lowest BCUT2D eigenvalue weighted by Gasteiger charge is -2.16. The Balaban J connectivity index is 2.46. The summed E-state index contributed by atoms with van der Waals surface area (Å²) in [6, 6.07) is 0.395. The largest absolute Gasteiger partial charge is 0.309 e. The summed E-state index contributed by atoms with van der Waals surface area (Å²) in [4.78, 5) is 0. The van der Waals surface area contributed by atoms with Crippen molar-refractivity contribution in [3.05, 3.63) is 11.1 Å². The van der Waals surface area contributed by atoms with Crippen LogP contribution in [0.4, 0.5) is 0 Å². The van der Waals surface area contributed by atoms with Gasteiger partial charge < -0.3 is 5.32 Å². The van der Waals surface area contributed by atoms with Crippen molar-refractivity contribution in [2.45, 2.75) is 46.1 Å². The van der Waals surface area contributed by atoms with E-state index >= 15 is 0 Å². The van der Waals surface area contributed by atoms with E-state index in [0.29, 0.717) is 6.04 Å². The van der Waals surface area contributed by atoms with E-state index in [1.54, 1.807) is 0 Å². The quantitative estimate of drug-likeness (QED) is 0.778. The second-order valence-corrected chi connectivity index (χ2v) is 4.92. The van der Waals surface area contributed by atoms with Crippen LogP contribution in [0.2, 0.25) is 0 Å². The van der Waals surface area contributed by atoms with Crippen molar-refractivity contribution in [1.82, 2.24) is 14.9 Å². The second kappa shape index (κ2) is 6.90. The molecule has 86 valence electrons. The Bertz CT molecular complexity index is 246. The monoisotopic (exact) mass is 227 g/mol. The number of hydrogen-bond donors (Lipinski definition) is 1. The Labute approximate surface area is 96.5 Å². The molecule has 0 bridgehead atoms. The minimum Gasteiger partial charge on any atom is -0.309 e. The Morgan fingerprint density at radius 2 is 2.20 bits per heavy atom. The molecule has 15 heavy (non-hydrogen) atoms. The molecule has 0 aliphatic heterocycles. The fraction of sp³-hybridized carbons (Fsp3) is 0.818. The van der Waals surface area contributed by atoms with E-state index in [2.05, 4.69) is 35.7 Å². The lowest BCUT2D eigenvalue weighted by Crippen LogP contribution is -2.22. The zero-order valence-electron chi connectivity index (χ0n) is 9.86. The first-order valence-corrected chi connectivity index (χ1v) is 6.58. The van der Waals surface area contributed by atoms with Gasteiger partial charge in [-0.3, -0.25) is 0 Å². The third-order valence-corrected chi connectivity index (χ3v) is 2.93. The lowest BCUT2D eigenvalue weighted by atomic mass is 10.0. The van der Waals surface area contributed by atoms with Gasteiger partial charge in [-0.2, -0.15) is 0 Å². The predicted molar refractivity (Wildman–Crippen MR) is 65.0 cm³/mol. The van der Waals surface area contributed by atoms with Gasteiger partial charge >= 0.3 is 0 Å². The van der Waals surface area contributed by atoms with Crippen LogP contribution >= 0.6 is 11.5 Å². The van der Waals surface area contributed by atoms with Gasteiger partial charge in [0.1, 0.15) is 0 Å². The molecule has 1 N–H and O–H groups in total. The zero-order chi connectivity index (χ0) is 11.1. The van der Waals surface area contributed by atoms with Gasteiger partial charge in [0.05, 0.1) is 11.7 Å². The highest BCUT2D eigenvalue weighted by Gasteiger charge is 2.13. The fourth-order valence-corrected chi connectivity index (χ4v) is 2.00. The number of hydrogen-bond acceptors (Lipinski definition) is 4. The van der Waals surface area contributed by atoms with Crippen LogP contribution in [0.25, 0.3) is 0 Å². The van der Waals surface area contributed by atoms with Gasteiger partial charge in [-0.05, 0) is 43.3 Å². The topological polar surface area (TPSA) is 37.8 Å². The molecule has 4 heteroatoms. The molecule has 0 aliphatic carbocycles. The zero-order valence-corrected chi connectivity index (χ0v) is 10.7. The molecule has 1 aromatic rings. The first-order valence-electron chi connectivity index (χ1n) is 5.74. The van der Waals surface area contributed by atoms with Gasteiger partial charge in [0.15, 0.2) is 0 Å². The minimum absolute atomic E-state index is 0.395. The van der Waals surface area contributed by atoms with E-state index in [-0.39, 0.29) is 0 Å². The van der Waals surface area contributed by atoms with Gasteiger partial charge in [0.25, 0.3) is 0 Å². The average molecular weight is 227 g/mol. The number of nitrogens with zero attached hydrogens (tertiary/aromatic N) is 2. The summed E-state index contributed by atoms with van der Waals surface area (Å²) >= 11 is 1.43. The molecule has 0 spiro atoms. The van der Waals surface area contributed by atoms with Crippen molar-refractivity contribution in [2.75, 3.05) is 6.54 Å². The molecule has 0 saturated carbocycles. The van der Waals surface area contributed by atoms with Crippen LogP contribution < -0.4 is 5.32 Å². The van der Waals surface area contributed by atoms with Gasteiger partial charge in [0, 0.05) is 5.38 Å². The van der Waals surface area contributed by atoms with Gasteiger partial charge in [-0.15, -0.1) is 5.10 Å². The Morgan fingerprint density at radius 1 is 1.40 bits per heavy atom. The van der Waals surface area contributed by atoms with Crippen LogP contribution in [0.3, 0.4) is 0 Å². The van der Waals surface area contributed by atoms with Gasteiger partial charge in [-0.1, -0.05) is 25.3 Å². The highest BCUT2D eigenvalue weighted by molar-refractivity contribution is 7.03. The SMILES string of the molecule is CCCNC(CCC(C)C)c1csnn1. The molecule has 0 radical (unpaired) electrons. The Kier molecular flexibility index (Phi) is 5.79. The molecule has 1 rings (SSSR count). The molecule has 0 aromatic carbocycles. The number of aromatic nitrogens is 2. The summed E-state index contributed by atoms with van der Waals surface area (Å²) in [6.07, 6.45) is 3.55. The van der Waals surface area contributed by atoms with E-state index in [9.17, 15) is 0 Å². The standard InChI is InChI=1S/C11H21N3S/c1-4-7-12-10(6-5-9(2)3)11-8-15-14-13-11/h8-10,12H,4-7H2,1-3H3. The summed E-state index contributed by atoms with van der Waals surface area (Å²) in [5, 5.41) is 9.73. The number of rotatable bonds is 7. The molecule has 1 heterocycles. The minimum atomic E-state index is 0.395. The molecule has 1 aromatic heterocycles. The average Bonchev–Trinajstić information content (AvgIpc) is 2.71. The first kappa shape index (κ1) is 12.6. The maximum atomic E-state index is 4.15. The van der Waals surface area contributed by atoms with E-state index in [0.717, 1.165) is 31.0 Å². The maximum Gasteiger partial charge on any atom is 0.0924 e. The van der Waals surface area contributed by atoms with E-state index < -0.39 is 0 Å². The molecular weight excluding hydrogens is 206 g/mol. The smallest absolute Gasteiger partial charge is 0.0924 e. The van der Waals surface area contributed by atoms with Crippen molar-refractivity contribution < 1.29 is 0 Å². The van der Waals surface area contributed by atoms with Crippen molar-refractivity contribution in [3.8, 4) is 0 Å². The second-order valence-electron chi connectivity index (χ2n) is 4.31. The summed E-state index contributed by atoms with van der Waals surface area (Å²) in [5.74, 6) is 0.752. The van der Waals surface area contributed by atoms with Crippen LogP contribution in [0.5, 0.6) is 0 Å². The van der Waals surface area contributed by atoms with Crippen LogP contribution in [-0.2, 0) is 0 Å². The normalized spacial score (nSPS) is 13.3. The van der Waals surface area contributed by atoms with Gasteiger partial charge in [0.2, 0.25) is 0 Å². The molecule has 1 atom stereocenters. The van der Waals surface area contributed by atoms with E-state index in [1.165, 1.54) is 18.0 Å². The third kappa shape index (κ3) is 4.71. The van der Waals surface area contributed by atoms with Crippen molar-refractivity contribution >= 4 is 11.5 Å². The van der Waals surface area contributed by atoms with E-state index in [4.69, 9.17) is 0 Å². The Hall–Kier alpha value is -0.480. The van der Waals surface area contributed by atoms with Gasteiger partial charge in [-0.25, -0.2) is 0 Å². The predicted octanol–water partition coefficient (Wildman–Crippen LogP) is 3.02. The molecule has 0 saturated heterocycles. The molecule has 0 fully saturated rings. The highest BCUT2D eigenvalue weighted by atomic mass is 32.1. The highest BCUT2D eigenvalue weighted by Crippen LogP contribution is 2.19. The fourth-order valence-electron chi connectivity index (χ4n) is 1.50. The molecule has 3 nitrogen and oxygen atoms in total. The summed E-state index contributed by atoms with van der Waals surface area (Å²) in [7, 11) is 0. The van der Waals surface area contributed by atoms with Crippen molar-refractivity contribution in [1.29, 1.82) is 0 Å². The summed E-state index contributed by atoms with van der Waals surface area (Å²) < 4.78 is 3.93. The molecular formula is C11H21N3S. The number of nitrogens with one attached hydrogen (secondary N) is 1. The molecule has 1 unspecified atom stereocenters. The molecule has 0 amide bonds. The van der Waals surface area contributed by atoms with Crippen LogP contribution in [0.1, 0.15) is 51.8 Å². The van der Waals surface area contributed by atoms with Crippen LogP contribution in [0.15, 0.2) is 5.38 Å². The lowest BCUT2D eigenvalue weighted by molar-refractivity contribution is 0.433. The van der Waals surface area contributed by atoms with Crippen molar-refractivity contribution in [2.24, 2.45) is 5.92 Å². The van der Waals surface area contributed by atoms with E-state index in [1.807, 2.05) is 5.38 Å². The summed E-state index contributed by atoms with van der Waals surface area (Å²) in [6.45, 7) is 7.76. The van der Waals surface area contributed by atoms with Crippen molar-refractivity contribution in [3.63, 3.8) is 0 Å². The summed E-state index contributed by atoms with van der Waals surface area (Å²) in [5.41, 5.74) is 1.11. The first-order chi connectivity index (χ1) is 7.24. The van der Waals surface area contributed by atoms with Crippen LogP contribution in [-0.4, -0.2) is 16.1 Å². The maximum absolute atomic E-state index is 4.15. The molecule has 0 aliphatic rings. The Morgan fingerprint density at radius 3 is 2.73 bits per heavy atom.